The first-order chi connectivity index (χ1) is 13.1. The van der Waals surface area contributed by atoms with Crippen molar-refractivity contribution in [3.05, 3.63) is 76.6 Å². The van der Waals surface area contributed by atoms with Crippen LogP contribution in [0.15, 0.2) is 54.7 Å². The zero-order chi connectivity index (χ0) is 19.2. The molecule has 0 fully saturated rings. The summed E-state index contributed by atoms with van der Waals surface area (Å²) in [6.45, 7) is 2.40. The Morgan fingerprint density at radius 2 is 2.00 bits per heavy atom. The third-order valence-electron chi connectivity index (χ3n) is 3.89. The monoisotopic (exact) mass is 382 g/mol. The fourth-order valence-corrected chi connectivity index (χ4v) is 2.69. The van der Waals surface area contributed by atoms with E-state index in [-0.39, 0.29) is 11.6 Å². The molecule has 0 unspecified atom stereocenters. The molecule has 27 heavy (non-hydrogen) atoms. The van der Waals surface area contributed by atoms with Gasteiger partial charge in [0.25, 0.3) is 5.91 Å². The van der Waals surface area contributed by atoms with E-state index in [1.165, 1.54) is 6.20 Å². The van der Waals surface area contributed by atoms with Gasteiger partial charge in [-0.1, -0.05) is 35.9 Å². The SMILES string of the molecule is COc1ccc(C)cc1NC(=O)c1ccnc(NCc2ccccc2Cl)n1. The molecular weight excluding hydrogens is 364 g/mol. The molecule has 0 spiro atoms. The number of ether oxygens (including phenoxy) is 1. The number of aromatic nitrogens is 2. The van der Waals surface area contributed by atoms with E-state index in [2.05, 4.69) is 20.6 Å². The molecule has 0 bridgehead atoms. The number of aryl methyl sites for hydroxylation is 1. The van der Waals surface area contributed by atoms with Gasteiger partial charge in [-0.05, 0) is 42.3 Å². The van der Waals surface area contributed by atoms with Crippen molar-refractivity contribution >= 4 is 29.1 Å². The molecule has 3 rings (SSSR count). The quantitative estimate of drug-likeness (QED) is 0.664. The van der Waals surface area contributed by atoms with E-state index < -0.39 is 0 Å². The van der Waals surface area contributed by atoms with Gasteiger partial charge in [0.05, 0.1) is 12.8 Å². The summed E-state index contributed by atoms with van der Waals surface area (Å²) in [5, 5.41) is 6.56. The van der Waals surface area contributed by atoms with Crippen molar-refractivity contribution in [2.45, 2.75) is 13.5 Å². The summed E-state index contributed by atoms with van der Waals surface area (Å²) in [6.07, 6.45) is 1.53. The van der Waals surface area contributed by atoms with Gasteiger partial charge in [0.15, 0.2) is 0 Å². The highest BCUT2D eigenvalue weighted by molar-refractivity contribution is 6.31. The molecule has 1 aromatic heterocycles. The molecule has 3 aromatic rings. The van der Waals surface area contributed by atoms with Gasteiger partial charge >= 0.3 is 0 Å². The predicted octanol–water partition coefficient (Wildman–Crippen LogP) is 4.31. The predicted molar refractivity (Wildman–Crippen MR) is 106 cm³/mol. The fraction of sp³-hybridized carbons (Fsp3) is 0.150. The molecule has 2 aromatic carbocycles. The Balaban J connectivity index is 1.72. The lowest BCUT2D eigenvalue weighted by Gasteiger charge is -2.11. The molecule has 1 amide bonds. The Hall–Kier alpha value is -3.12. The van der Waals surface area contributed by atoms with Crippen LogP contribution in [0.3, 0.4) is 0 Å². The van der Waals surface area contributed by atoms with Crippen molar-refractivity contribution in [3.63, 3.8) is 0 Å². The number of anilines is 2. The Morgan fingerprint density at radius 1 is 1.19 bits per heavy atom. The number of carbonyl (C=O) groups is 1. The van der Waals surface area contributed by atoms with Crippen LogP contribution in [0.25, 0.3) is 0 Å². The molecule has 6 nitrogen and oxygen atoms in total. The van der Waals surface area contributed by atoms with E-state index in [0.29, 0.717) is 29.0 Å². The zero-order valence-electron chi connectivity index (χ0n) is 15.0. The lowest BCUT2D eigenvalue weighted by Crippen LogP contribution is -2.16. The normalized spacial score (nSPS) is 10.3. The van der Waals surface area contributed by atoms with Crippen molar-refractivity contribution in [2.24, 2.45) is 0 Å². The minimum absolute atomic E-state index is 0.246. The second kappa shape index (κ2) is 8.51. The van der Waals surface area contributed by atoms with E-state index in [1.54, 1.807) is 13.2 Å². The van der Waals surface area contributed by atoms with Gasteiger partial charge in [0, 0.05) is 17.8 Å². The molecule has 7 heteroatoms. The maximum absolute atomic E-state index is 12.6. The summed E-state index contributed by atoms with van der Waals surface area (Å²) >= 11 is 6.15. The Bertz CT molecular complexity index is 962. The van der Waals surface area contributed by atoms with Crippen LogP contribution >= 0.6 is 11.6 Å². The first-order valence-electron chi connectivity index (χ1n) is 8.33. The van der Waals surface area contributed by atoms with Crippen LogP contribution in [0.4, 0.5) is 11.6 Å². The van der Waals surface area contributed by atoms with Gasteiger partial charge < -0.3 is 15.4 Å². The molecular formula is C20H19ClN4O2. The van der Waals surface area contributed by atoms with E-state index in [1.807, 2.05) is 49.4 Å². The second-order valence-electron chi connectivity index (χ2n) is 5.87. The van der Waals surface area contributed by atoms with E-state index in [4.69, 9.17) is 16.3 Å². The average molecular weight is 383 g/mol. The Labute approximate surface area is 162 Å². The average Bonchev–Trinajstić information content (AvgIpc) is 2.68. The summed E-state index contributed by atoms with van der Waals surface area (Å²) in [5.41, 5.74) is 2.76. The minimum Gasteiger partial charge on any atom is -0.495 e. The molecule has 0 atom stereocenters. The van der Waals surface area contributed by atoms with Crippen molar-refractivity contribution in [1.29, 1.82) is 0 Å². The van der Waals surface area contributed by atoms with Gasteiger partial charge in [0.1, 0.15) is 11.4 Å². The van der Waals surface area contributed by atoms with Crippen LogP contribution in [0.5, 0.6) is 5.75 Å². The van der Waals surface area contributed by atoms with Crippen LogP contribution in [0, 0.1) is 6.92 Å². The maximum atomic E-state index is 12.6. The number of benzene rings is 2. The summed E-state index contributed by atoms with van der Waals surface area (Å²) in [7, 11) is 1.56. The largest absolute Gasteiger partial charge is 0.495 e. The number of carbonyl (C=O) groups excluding carboxylic acids is 1. The van der Waals surface area contributed by atoms with Crippen molar-refractivity contribution in [1.82, 2.24) is 9.97 Å². The molecule has 0 aliphatic rings. The standard InChI is InChI=1S/C20H19ClN4O2/c1-13-7-8-18(27-2)17(11-13)24-19(26)16-9-10-22-20(25-16)23-12-14-5-3-4-6-15(14)21/h3-11H,12H2,1-2H3,(H,24,26)(H,22,23,25). The Kier molecular flexibility index (Phi) is 5.88. The third kappa shape index (κ3) is 4.74. The van der Waals surface area contributed by atoms with E-state index in [9.17, 15) is 4.79 Å². The molecule has 138 valence electrons. The van der Waals surface area contributed by atoms with Crippen LogP contribution in [-0.2, 0) is 6.54 Å². The minimum atomic E-state index is -0.345. The zero-order valence-corrected chi connectivity index (χ0v) is 15.7. The van der Waals surface area contributed by atoms with Crippen molar-refractivity contribution < 1.29 is 9.53 Å². The van der Waals surface area contributed by atoms with Gasteiger partial charge in [0.2, 0.25) is 5.95 Å². The smallest absolute Gasteiger partial charge is 0.274 e. The number of halogens is 1. The first kappa shape index (κ1) is 18.7. The summed E-state index contributed by atoms with van der Waals surface area (Å²) in [5.74, 6) is 0.584. The molecule has 1 heterocycles. The van der Waals surface area contributed by atoms with Crippen molar-refractivity contribution in [2.75, 3.05) is 17.7 Å². The van der Waals surface area contributed by atoms with E-state index >= 15 is 0 Å². The number of amides is 1. The summed E-state index contributed by atoms with van der Waals surface area (Å²) < 4.78 is 5.29. The van der Waals surface area contributed by atoms with Crippen LogP contribution in [-0.4, -0.2) is 23.0 Å². The van der Waals surface area contributed by atoms with E-state index in [0.717, 1.165) is 11.1 Å². The number of nitrogens with zero attached hydrogens (tertiary/aromatic N) is 2. The number of hydrogen-bond donors (Lipinski definition) is 2. The number of nitrogens with one attached hydrogen (secondary N) is 2. The number of methoxy groups -OCH3 is 1. The summed E-state index contributed by atoms with van der Waals surface area (Å²) in [4.78, 5) is 21.0. The highest BCUT2D eigenvalue weighted by Crippen LogP contribution is 2.25. The third-order valence-corrected chi connectivity index (χ3v) is 4.25. The first-order valence-corrected chi connectivity index (χ1v) is 8.71. The molecule has 0 saturated heterocycles. The molecule has 2 N–H and O–H groups in total. The highest BCUT2D eigenvalue weighted by atomic mass is 35.5. The lowest BCUT2D eigenvalue weighted by atomic mass is 10.2. The van der Waals surface area contributed by atoms with Crippen molar-refractivity contribution in [3.8, 4) is 5.75 Å². The van der Waals surface area contributed by atoms with Gasteiger partial charge in [-0.3, -0.25) is 4.79 Å². The topological polar surface area (TPSA) is 76.1 Å². The fourth-order valence-electron chi connectivity index (χ4n) is 2.49. The van der Waals surface area contributed by atoms with Crippen LogP contribution in [0.2, 0.25) is 5.02 Å². The molecule has 0 aliphatic heterocycles. The number of rotatable bonds is 6. The van der Waals surface area contributed by atoms with Gasteiger partial charge in [-0.15, -0.1) is 0 Å². The molecule has 0 saturated carbocycles. The maximum Gasteiger partial charge on any atom is 0.274 e. The number of hydrogen-bond acceptors (Lipinski definition) is 5. The summed E-state index contributed by atoms with van der Waals surface area (Å²) in [6, 6.07) is 14.6. The van der Waals surface area contributed by atoms with Gasteiger partial charge in [-0.2, -0.15) is 0 Å². The van der Waals surface area contributed by atoms with Gasteiger partial charge in [-0.25, -0.2) is 9.97 Å². The van der Waals surface area contributed by atoms with Crippen LogP contribution in [0.1, 0.15) is 21.6 Å². The second-order valence-corrected chi connectivity index (χ2v) is 6.28. The lowest BCUT2D eigenvalue weighted by molar-refractivity contribution is 0.102. The van der Waals surface area contributed by atoms with Crippen LogP contribution < -0.4 is 15.4 Å². The Morgan fingerprint density at radius 3 is 2.78 bits per heavy atom. The molecule has 0 aliphatic carbocycles. The molecule has 0 radical (unpaired) electrons. The highest BCUT2D eigenvalue weighted by Gasteiger charge is 2.12.